The Balaban J connectivity index is 2.09. The summed E-state index contributed by atoms with van der Waals surface area (Å²) in [5.74, 6) is 0. The summed E-state index contributed by atoms with van der Waals surface area (Å²) in [4.78, 5) is 10.6. The van der Waals surface area contributed by atoms with E-state index < -0.39 is 0 Å². The SMILES string of the molecule is Cc1cccc(NCC2CCCO2)c1[N+](=O)[O-]. The number of nitro benzene ring substituents is 1. The number of anilines is 1. The average Bonchev–Trinajstić information content (AvgIpc) is 2.78. The van der Waals surface area contributed by atoms with E-state index in [0.29, 0.717) is 17.8 Å². The van der Waals surface area contributed by atoms with Gasteiger partial charge in [-0.25, -0.2) is 0 Å². The van der Waals surface area contributed by atoms with Crippen molar-refractivity contribution >= 4 is 11.4 Å². The number of nitrogens with zero attached hydrogens (tertiary/aromatic N) is 1. The quantitative estimate of drug-likeness (QED) is 0.644. The van der Waals surface area contributed by atoms with Crippen molar-refractivity contribution in [1.82, 2.24) is 0 Å². The molecule has 0 aromatic heterocycles. The van der Waals surface area contributed by atoms with Crippen LogP contribution < -0.4 is 5.32 Å². The van der Waals surface area contributed by atoms with Crippen LogP contribution in [0.15, 0.2) is 18.2 Å². The Morgan fingerprint density at radius 3 is 3.06 bits per heavy atom. The van der Waals surface area contributed by atoms with E-state index in [2.05, 4.69) is 5.32 Å². The Hall–Kier alpha value is -1.62. The Bertz CT molecular complexity index is 414. The molecule has 1 aliphatic rings. The van der Waals surface area contributed by atoms with Crippen molar-refractivity contribution in [3.05, 3.63) is 33.9 Å². The molecule has 17 heavy (non-hydrogen) atoms. The van der Waals surface area contributed by atoms with Gasteiger partial charge in [0, 0.05) is 18.7 Å². The van der Waals surface area contributed by atoms with E-state index in [9.17, 15) is 10.1 Å². The average molecular weight is 236 g/mol. The minimum atomic E-state index is -0.340. The van der Waals surface area contributed by atoms with Crippen LogP contribution in [0.4, 0.5) is 11.4 Å². The molecule has 1 atom stereocenters. The third-order valence-corrected chi connectivity index (χ3v) is 2.96. The molecule has 0 amide bonds. The molecule has 1 saturated heterocycles. The van der Waals surface area contributed by atoms with Crippen LogP contribution in [0.1, 0.15) is 18.4 Å². The summed E-state index contributed by atoms with van der Waals surface area (Å²) in [7, 11) is 0. The van der Waals surface area contributed by atoms with E-state index in [-0.39, 0.29) is 16.7 Å². The van der Waals surface area contributed by atoms with Crippen molar-refractivity contribution in [2.24, 2.45) is 0 Å². The number of nitro groups is 1. The standard InChI is InChI=1S/C12H16N2O3/c1-9-4-2-6-11(12(9)14(15)16)13-8-10-5-3-7-17-10/h2,4,6,10,13H,3,5,7-8H2,1H3. The summed E-state index contributed by atoms with van der Waals surface area (Å²) < 4.78 is 5.47. The Morgan fingerprint density at radius 2 is 2.41 bits per heavy atom. The molecule has 0 spiro atoms. The van der Waals surface area contributed by atoms with Crippen molar-refractivity contribution in [2.75, 3.05) is 18.5 Å². The van der Waals surface area contributed by atoms with Crippen LogP contribution in [0.5, 0.6) is 0 Å². The zero-order valence-corrected chi connectivity index (χ0v) is 9.81. The summed E-state index contributed by atoms with van der Waals surface area (Å²) in [6.45, 7) is 3.17. The highest BCUT2D eigenvalue weighted by Crippen LogP contribution is 2.28. The number of hydrogen-bond acceptors (Lipinski definition) is 4. The lowest BCUT2D eigenvalue weighted by Crippen LogP contribution is -2.19. The fourth-order valence-corrected chi connectivity index (χ4v) is 2.07. The van der Waals surface area contributed by atoms with Gasteiger partial charge in [-0.05, 0) is 25.8 Å². The maximum absolute atomic E-state index is 11.0. The molecule has 1 fully saturated rings. The minimum Gasteiger partial charge on any atom is -0.377 e. The molecule has 0 bridgehead atoms. The van der Waals surface area contributed by atoms with Crippen LogP contribution in [0, 0.1) is 17.0 Å². The predicted octanol–water partition coefficient (Wildman–Crippen LogP) is 2.49. The molecule has 1 heterocycles. The Kier molecular flexibility index (Phi) is 3.58. The van der Waals surface area contributed by atoms with Crippen molar-refractivity contribution in [2.45, 2.75) is 25.9 Å². The highest BCUT2D eigenvalue weighted by molar-refractivity contribution is 5.65. The Labute approximate surface area is 99.9 Å². The van der Waals surface area contributed by atoms with E-state index in [1.165, 1.54) is 0 Å². The van der Waals surface area contributed by atoms with Gasteiger partial charge in [0.1, 0.15) is 5.69 Å². The van der Waals surface area contributed by atoms with Crippen molar-refractivity contribution in [1.29, 1.82) is 0 Å². The first-order valence-corrected chi connectivity index (χ1v) is 5.78. The fourth-order valence-electron chi connectivity index (χ4n) is 2.07. The van der Waals surface area contributed by atoms with Gasteiger partial charge in [-0.2, -0.15) is 0 Å². The number of ether oxygens (including phenoxy) is 1. The molecule has 5 nitrogen and oxygen atoms in total. The van der Waals surface area contributed by atoms with Gasteiger partial charge >= 0.3 is 0 Å². The highest BCUT2D eigenvalue weighted by atomic mass is 16.6. The maximum atomic E-state index is 11.0. The first kappa shape index (κ1) is 11.9. The molecule has 2 rings (SSSR count). The zero-order valence-electron chi connectivity index (χ0n) is 9.81. The molecule has 1 unspecified atom stereocenters. The topological polar surface area (TPSA) is 64.4 Å². The first-order valence-electron chi connectivity index (χ1n) is 5.78. The summed E-state index contributed by atoms with van der Waals surface area (Å²) in [6.07, 6.45) is 2.27. The number of hydrogen-bond donors (Lipinski definition) is 1. The second-order valence-electron chi connectivity index (χ2n) is 4.24. The van der Waals surface area contributed by atoms with E-state index in [4.69, 9.17) is 4.74 Å². The van der Waals surface area contributed by atoms with Crippen molar-refractivity contribution in [3.63, 3.8) is 0 Å². The van der Waals surface area contributed by atoms with Crippen molar-refractivity contribution < 1.29 is 9.66 Å². The third-order valence-electron chi connectivity index (χ3n) is 2.96. The molecule has 0 saturated carbocycles. The Morgan fingerprint density at radius 1 is 1.59 bits per heavy atom. The second-order valence-corrected chi connectivity index (χ2v) is 4.24. The van der Waals surface area contributed by atoms with Crippen LogP contribution in [0.2, 0.25) is 0 Å². The molecular weight excluding hydrogens is 220 g/mol. The molecule has 5 heteroatoms. The van der Waals surface area contributed by atoms with E-state index in [1.807, 2.05) is 6.07 Å². The van der Waals surface area contributed by atoms with E-state index in [1.54, 1.807) is 19.1 Å². The molecule has 0 radical (unpaired) electrons. The van der Waals surface area contributed by atoms with Gasteiger partial charge in [-0.15, -0.1) is 0 Å². The maximum Gasteiger partial charge on any atom is 0.295 e. The summed E-state index contributed by atoms with van der Waals surface area (Å²) in [5.41, 5.74) is 1.41. The smallest absolute Gasteiger partial charge is 0.295 e. The third kappa shape index (κ3) is 2.74. The molecule has 1 aromatic carbocycles. The second kappa shape index (κ2) is 5.14. The van der Waals surface area contributed by atoms with Gasteiger partial charge < -0.3 is 10.1 Å². The molecule has 1 aliphatic heterocycles. The van der Waals surface area contributed by atoms with Crippen molar-refractivity contribution in [3.8, 4) is 0 Å². The van der Waals surface area contributed by atoms with Gasteiger partial charge in [-0.1, -0.05) is 12.1 Å². The monoisotopic (exact) mass is 236 g/mol. The van der Waals surface area contributed by atoms with Crippen LogP contribution in [0.3, 0.4) is 0 Å². The largest absolute Gasteiger partial charge is 0.377 e. The van der Waals surface area contributed by atoms with E-state index in [0.717, 1.165) is 19.4 Å². The fraction of sp³-hybridized carbons (Fsp3) is 0.500. The van der Waals surface area contributed by atoms with Crippen LogP contribution >= 0.6 is 0 Å². The summed E-state index contributed by atoms with van der Waals surface area (Å²) >= 11 is 0. The normalized spacial score (nSPS) is 19.2. The molecule has 1 aromatic rings. The van der Waals surface area contributed by atoms with Crippen LogP contribution in [-0.4, -0.2) is 24.2 Å². The van der Waals surface area contributed by atoms with Gasteiger partial charge in [0.2, 0.25) is 0 Å². The number of nitrogens with one attached hydrogen (secondary N) is 1. The molecule has 1 N–H and O–H groups in total. The highest BCUT2D eigenvalue weighted by Gasteiger charge is 2.19. The minimum absolute atomic E-state index is 0.158. The molecule has 0 aliphatic carbocycles. The predicted molar refractivity (Wildman–Crippen MR) is 65.3 cm³/mol. The van der Waals surface area contributed by atoms with Gasteiger partial charge in [0.25, 0.3) is 5.69 Å². The number of benzene rings is 1. The van der Waals surface area contributed by atoms with Gasteiger partial charge in [-0.3, -0.25) is 10.1 Å². The van der Waals surface area contributed by atoms with Crippen LogP contribution in [-0.2, 0) is 4.74 Å². The number of rotatable bonds is 4. The lowest BCUT2D eigenvalue weighted by molar-refractivity contribution is -0.384. The van der Waals surface area contributed by atoms with Gasteiger partial charge in [0.05, 0.1) is 11.0 Å². The number of aryl methyl sites for hydroxylation is 1. The van der Waals surface area contributed by atoms with Crippen LogP contribution in [0.25, 0.3) is 0 Å². The lowest BCUT2D eigenvalue weighted by atomic mass is 10.1. The number of para-hydroxylation sites is 1. The van der Waals surface area contributed by atoms with E-state index >= 15 is 0 Å². The molecular formula is C12H16N2O3. The summed E-state index contributed by atoms with van der Waals surface area (Å²) in [6, 6.07) is 5.30. The zero-order chi connectivity index (χ0) is 12.3. The molecule has 92 valence electrons. The first-order chi connectivity index (χ1) is 8.18. The van der Waals surface area contributed by atoms with Gasteiger partial charge in [0.15, 0.2) is 0 Å². The summed E-state index contributed by atoms with van der Waals surface area (Å²) in [5, 5.41) is 14.1. The lowest BCUT2D eigenvalue weighted by Gasteiger charge is -2.12.